The molecule has 0 radical (unpaired) electrons. The summed E-state index contributed by atoms with van der Waals surface area (Å²) in [6, 6.07) is 14.1. The van der Waals surface area contributed by atoms with Crippen LogP contribution in [0.3, 0.4) is 0 Å². The number of nitrogens with zero attached hydrogens (tertiary/aromatic N) is 1. The van der Waals surface area contributed by atoms with Gasteiger partial charge in [0.05, 0.1) is 6.42 Å². The summed E-state index contributed by atoms with van der Waals surface area (Å²) in [7, 11) is 0. The number of amides is 2. The van der Waals surface area contributed by atoms with Gasteiger partial charge in [0.15, 0.2) is 0 Å². The van der Waals surface area contributed by atoms with E-state index in [0.29, 0.717) is 36.6 Å². The average Bonchev–Trinajstić information content (AvgIpc) is 2.69. The van der Waals surface area contributed by atoms with E-state index >= 15 is 0 Å². The van der Waals surface area contributed by atoms with Crippen LogP contribution in [0.5, 0.6) is 0 Å². The number of rotatable bonds is 6. The molecule has 0 unspecified atom stereocenters. The summed E-state index contributed by atoms with van der Waals surface area (Å²) in [5.74, 6) is 0.122. The number of piperidine rings is 1. The number of hydrogen-bond donors (Lipinski definition) is 1. The van der Waals surface area contributed by atoms with Crippen molar-refractivity contribution < 1.29 is 14.0 Å². The van der Waals surface area contributed by atoms with E-state index in [4.69, 9.17) is 0 Å². The number of hydrogen-bond acceptors (Lipinski definition) is 2. The molecule has 1 aliphatic rings. The minimum absolute atomic E-state index is 0.0672. The van der Waals surface area contributed by atoms with Gasteiger partial charge in [-0.1, -0.05) is 30.3 Å². The zero-order valence-electron chi connectivity index (χ0n) is 16.3. The molecule has 1 atom stereocenters. The van der Waals surface area contributed by atoms with Crippen LogP contribution in [0.25, 0.3) is 0 Å². The molecule has 1 heterocycles. The van der Waals surface area contributed by atoms with Gasteiger partial charge in [-0.2, -0.15) is 0 Å². The molecule has 1 N–H and O–H groups in total. The smallest absolute Gasteiger partial charge is 0.226 e. The molecule has 0 spiro atoms. The molecule has 0 aliphatic carbocycles. The van der Waals surface area contributed by atoms with E-state index in [1.165, 1.54) is 12.1 Å². The Morgan fingerprint density at radius 3 is 2.71 bits per heavy atom. The van der Waals surface area contributed by atoms with Crippen molar-refractivity contribution >= 4 is 17.5 Å². The molecule has 4 nitrogen and oxygen atoms in total. The van der Waals surface area contributed by atoms with Crippen molar-refractivity contribution in [2.45, 2.75) is 39.0 Å². The first-order valence-corrected chi connectivity index (χ1v) is 9.89. The molecule has 2 aromatic rings. The number of halogens is 1. The Labute approximate surface area is 165 Å². The Hall–Kier alpha value is -2.69. The molecule has 1 aliphatic heterocycles. The van der Waals surface area contributed by atoms with E-state index in [1.54, 1.807) is 13.0 Å². The average molecular weight is 382 g/mol. The van der Waals surface area contributed by atoms with E-state index in [0.717, 1.165) is 31.4 Å². The van der Waals surface area contributed by atoms with Crippen LogP contribution in [0.15, 0.2) is 48.5 Å². The minimum Gasteiger partial charge on any atom is -0.342 e. The molecular formula is C23H27FN2O2. The van der Waals surface area contributed by atoms with Crippen molar-refractivity contribution in [3.63, 3.8) is 0 Å². The third-order valence-corrected chi connectivity index (χ3v) is 5.31. The second-order valence-electron chi connectivity index (χ2n) is 7.56. The van der Waals surface area contributed by atoms with Gasteiger partial charge in [-0.15, -0.1) is 0 Å². The van der Waals surface area contributed by atoms with Crippen LogP contribution in [0.2, 0.25) is 0 Å². The zero-order valence-corrected chi connectivity index (χ0v) is 16.3. The molecule has 2 aromatic carbocycles. The highest BCUT2D eigenvalue weighted by atomic mass is 19.1. The lowest BCUT2D eigenvalue weighted by Gasteiger charge is -2.33. The number of aryl methyl sites for hydroxylation is 1. The van der Waals surface area contributed by atoms with Crippen molar-refractivity contribution in [2.75, 3.05) is 18.4 Å². The summed E-state index contributed by atoms with van der Waals surface area (Å²) in [5, 5.41) is 2.86. The van der Waals surface area contributed by atoms with Crippen molar-refractivity contribution in [3.05, 3.63) is 65.5 Å². The number of carbonyl (C=O) groups excluding carboxylic acids is 2. The van der Waals surface area contributed by atoms with Crippen LogP contribution in [0.4, 0.5) is 10.1 Å². The van der Waals surface area contributed by atoms with Crippen LogP contribution in [0, 0.1) is 18.7 Å². The molecular weight excluding hydrogens is 355 g/mol. The fraction of sp³-hybridized carbons (Fsp3) is 0.391. The number of nitrogens with one attached hydrogen (secondary N) is 1. The summed E-state index contributed by atoms with van der Waals surface area (Å²) >= 11 is 0. The van der Waals surface area contributed by atoms with Crippen LogP contribution in [-0.2, 0) is 16.0 Å². The summed E-state index contributed by atoms with van der Waals surface area (Å²) < 4.78 is 13.2. The Bertz CT molecular complexity index is 823. The van der Waals surface area contributed by atoms with E-state index in [2.05, 4.69) is 5.32 Å². The maximum Gasteiger partial charge on any atom is 0.226 e. The predicted octanol–water partition coefficient (Wildman–Crippen LogP) is 4.33. The van der Waals surface area contributed by atoms with Crippen molar-refractivity contribution in [2.24, 2.45) is 5.92 Å². The van der Waals surface area contributed by atoms with Crippen molar-refractivity contribution in [1.29, 1.82) is 0 Å². The molecule has 0 aromatic heterocycles. The van der Waals surface area contributed by atoms with Gasteiger partial charge in [0.1, 0.15) is 5.82 Å². The lowest BCUT2D eigenvalue weighted by Crippen LogP contribution is -2.40. The van der Waals surface area contributed by atoms with Crippen LogP contribution < -0.4 is 5.32 Å². The highest BCUT2D eigenvalue weighted by Crippen LogP contribution is 2.23. The molecule has 2 amide bonds. The monoisotopic (exact) mass is 382 g/mol. The van der Waals surface area contributed by atoms with Gasteiger partial charge in [-0.25, -0.2) is 4.39 Å². The number of anilines is 1. The number of carbonyl (C=O) groups is 2. The Morgan fingerprint density at radius 1 is 1.18 bits per heavy atom. The van der Waals surface area contributed by atoms with Crippen molar-refractivity contribution in [1.82, 2.24) is 4.90 Å². The van der Waals surface area contributed by atoms with Gasteiger partial charge in [0, 0.05) is 25.2 Å². The third-order valence-electron chi connectivity index (χ3n) is 5.31. The molecule has 0 bridgehead atoms. The summed E-state index contributed by atoms with van der Waals surface area (Å²) in [4.78, 5) is 26.8. The lowest BCUT2D eigenvalue weighted by atomic mass is 9.93. The molecule has 1 fully saturated rings. The Balaban J connectivity index is 1.46. The second kappa shape index (κ2) is 9.49. The van der Waals surface area contributed by atoms with Gasteiger partial charge in [0.25, 0.3) is 0 Å². The van der Waals surface area contributed by atoms with Crippen LogP contribution in [-0.4, -0.2) is 29.8 Å². The van der Waals surface area contributed by atoms with Crippen LogP contribution >= 0.6 is 0 Å². The second-order valence-corrected chi connectivity index (χ2v) is 7.56. The third kappa shape index (κ3) is 5.65. The van der Waals surface area contributed by atoms with Gasteiger partial charge < -0.3 is 10.2 Å². The molecule has 1 saturated heterocycles. The SMILES string of the molecule is Cc1cc(F)ccc1NC(=O)CC[C@H]1CCCN(C(=O)Cc2ccccc2)C1. The predicted molar refractivity (Wildman–Crippen MR) is 108 cm³/mol. The largest absolute Gasteiger partial charge is 0.342 e. The maximum atomic E-state index is 13.2. The quantitative estimate of drug-likeness (QED) is 0.808. The van der Waals surface area contributed by atoms with Gasteiger partial charge in [0.2, 0.25) is 11.8 Å². The van der Waals surface area contributed by atoms with E-state index in [-0.39, 0.29) is 17.6 Å². The highest BCUT2D eigenvalue weighted by molar-refractivity contribution is 5.91. The normalized spacial score (nSPS) is 16.6. The zero-order chi connectivity index (χ0) is 19.9. The summed E-state index contributed by atoms with van der Waals surface area (Å²) in [6.07, 6.45) is 3.60. The molecule has 28 heavy (non-hydrogen) atoms. The minimum atomic E-state index is -0.307. The fourth-order valence-corrected chi connectivity index (χ4v) is 3.72. The molecule has 148 valence electrons. The maximum absolute atomic E-state index is 13.2. The first kappa shape index (κ1) is 20.1. The van der Waals surface area contributed by atoms with Gasteiger partial charge in [-0.3, -0.25) is 9.59 Å². The molecule has 5 heteroatoms. The molecule has 0 saturated carbocycles. The van der Waals surface area contributed by atoms with E-state index in [1.807, 2.05) is 35.2 Å². The van der Waals surface area contributed by atoms with E-state index < -0.39 is 0 Å². The van der Waals surface area contributed by atoms with Gasteiger partial charge in [-0.05, 0) is 61.4 Å². The topological polar surface area (TPSA) is 49.4 Å². The Kier molecular flexibility index (Phi) is 6.80. The number of likely N-dealkylation sites (tertiary alicyclic amines) is 1. The first-order chi connectivity index (χ1) is 13.5. The summed E-state index contributed by atoms with van der Waals surface area (Å²) in [5.41, 5.74) is 2.39. The lowest BCUT2D eigenvalue weighted by molar-refractivity contribution is -0.132. The fourth-order valence-electron chi connectivity index (χ4n) is 3.72. The number of benzene rings is 2. The van der Waals surface area contributed by atoms with E-state index in [9.17, 15) is 14.0 Å². The van der Waals surface area contributed by atoms with Crippen LogP contribution in [0.1, 0.15) is 36.8 Å². The highest BCUT2D eigenvalue weighted by Gasteiger charge is 2.24. The van der Waals surface area contributed by atoms with Gasteiger partial charge >= 0.3 is 0 Å². The summed E-state index contributed by atoms with van der Waals surface area (Å²) in [6.45, 7) is 3.29. The van der Waals surface area contributed by atoms with Crippen molar-refractivity contribution in [3.8, 4) is 0 Å². The standard InChI is InChI=1S/C23H27FN2O2/c1-17-14-20(24)10-11-21(17)25-22(27)12-9-19-8-5-13-26(16-19)23(28)15-18-6-3-2-4-7-18/h2-4,6-7,10-11,14,19H,5,8-9,12-13,15-16H2,1H3,(H,25,27)/t19-/m1/s1. The Morgan fingerprint density at radius 2 is 1.96 bits per heavy atom. The molecule has 3 rings (SSSR count). The first-order valence-electron chi connectivity index (χ1n) is 9.89.